The first kappa shape index (κ1) is 24.3. The molecule has 3 rings (SSSR count). The van der Waals surface area contributed by atoms with Gasteiger partial charge in [0.1, 0.15) is 17.6 Å². The Kier molecular flexibility index (Phi) is 8.84. The van der Waals surface area contributed by atoms with Crippen molar-refractivity contribution in [3.63, 3.8) is 0 Å². The highest BCUT2D eigenvalue weighted by molar-refractivity contribution is 6.32. The van der Waals surface area contributed by atoms with Crippen LogP contribution in [0.2, 0.25) is 5.02 Å². The fourth-order valence-electron chi connectivity index (χ4n) is 3.42. The van der Waals surface area contributed by atoms with E-state index in [1.807, 2.05) is 37.3 Å². The third-order valence-corrected chi connectivity index (χ3v) is 5.39. The monoisotopic (exact) mass is 468 g/mol. The van der Waals surface area contributed by atoms with E-state index in [-0.39, 0.29) is 30.8 Å². The van der Waals surface area contributed by atoms with Gasteiger partial charge in [0.15, 0.2) is 6.61 Å². The Morgan fingerprint density at radius 2 is 1.64 bits per heavy atom. The van der Waals surface area contributed by atoms with Gasteiger partial charge in [0.2, 0.25) is 5.91 Å². The van der Waals surface area contributed by atoms with Crippen LogP contribution in [0.3, 0.4) is 0 Å². The third kappa shape index (κ3) is 7.05. The lowest BCUT2D eigenvalue weighted by Crippen LogP contribution is -2.51. The van der Waals surface area contributed by atoms with Gasteiger partial charge >= 0.3 is 0 Å². The van der Waals surface area contributed by atoms with E-state index in [4.69, 9.17) is 16.3 Å². The Morgan fingerprint density at radius 3 is 2.30 bits per heavy atom. The molecule has 33 heavy (non-hydrogen) atoms. The predicted octanol–water partition coefficient (Wildman–Crippen LogP) is 4.63. The van der Waals surface area contributed by atoms with Crippen LogP contribution in [0.1, 0.15) is 18.1 Å². The van der Waals surface area contributed by atoms with Crippen LogP contribution in [-0.4, -0.2) is 35.9 Å². The molecule has 0 bridgehead atoms. The molecule has 0 saturated carbocycles. The summed E-state index contributed by atoms with van der Waals surface area (Å²) >= 11 is 6.14. The van der Waals surface area contributed by atoms with Gasteiger partial charge in [0, 0.05) is 19.5 Å². The summed E-state index contributed by atoms with van der Waals surface area (Å²) < 4.78 is 19.1. The number of para-hydroxylation sites is 1. The number of ether oxygens (including phenoxy) is 1. The topological polar surface area (TPSA) is 58.6 Å². The molecule has 3 aromatic rings. The average molecular weight is 469 g/mol. The van der Waals surface area contributed by atoms with Crippen LogP contribution < -0.4 is 10.1 Å². The molecule has 0 fully saturated rings. The molecule has 3 aromatic carbocycles. The largest absolute Gasteiger partial charge is 0.482 e. The van der Waals surface area contributed by atoms with Crippen LogP contribution >= 0.6 is 11.6 Å². The normalized spacial score (nSPS) is 11.5. The van der Waals surface area contributed by atoms with E-state index in [1.54, 1.807) is 36.4 Å². The Labute approximate surface area is 198 Å². The standard InChI is InChI=1S/C26H26ClFN2O3/c1-2-29-26(32)23(16-19-8-4-3-5-9-19)30(17-20-12-14-21(28)15-13-20)25(31)18-33-24-11-7-6-10-22(24)27/h3-15,23H,2,16-18H2,1H3,(H,29,32)/t23-/m0/s1. The summed E-state index contributed by atoms with van der Waals surface area (Å²) in [6.45, 7) is 2.08. The molecule has 0 aliphatic heterocycles. The lowest BCUT2D eigenvalue weighted by molar-refractivity contribution is -0.142. The molecule has 0 aromatic heterocycles. The van der Waals surface area contributed by atoms with Crippen molar-refractivity contribution in [3.8, 4) is 5.75 Å². The minimum absolute atomic E-state index is 0.125. The number of nitrogens with one attached hydrogen (secondary N) is 1. The summed E-state index contributed by atoms with van der Waals surface area (Å²) in [5.74, 6) is -0.643. The highest BCUT2D eigenvalue weighted by Crippen LogP contribution is 2.23. The Balaban J connectivity index is 1.89. The fraction of sp³-hybridized carbons (Fsp3) is 0.231. The van der Waals surface area contributed by atoms with Crippen molar-refractivity contribution < 1.29 is 18.7 Å². The number of halogens is 2. The molecule has 5 nitrogen and oxygen atoms in total. The van der Waals surface area contributed by atoms with Gasteiger partial charge in [-0.25, -0.2) is 4.39 Å². The molecule has 7 heteroatoms. The number of amides is 2. The van der Waals surface area contributed by atoms with Crippen molar-refractivity contribution in [2.75, 3.05) is 13.2 Å². The van der Waals surface area contributed by atoms with Crippen molar-refractivity contribution in [1.82, 2.24) is 10.2 Å². The zero-order valence-electron chi connectivity index (χ0n) is 18.3. The number of carbonyl (C=O) groups excluding carboxylic acids is 2. The van der Waals surface area contributed by atoms with Crippen LogP contribution in [0.15, 0.2) is 78.9 Å². The molecule has 0 aliphatic carbocycles. The zero-order chi connectivity index (χ0) is 23.6. The van der Waals surface area contributed by atoms with E-state index in [2.05, 4.69) is 5.32 Å². The Bertz CT molecular complexity index is 1060. The predicted molar refractivity (Wildman–Crippen MR) is 127 cm³/mol. The average Bonchev–Trinajstić information content (AvgIpc) is 2.82. The van der Waals surface area contributed by atoms with Crippen molar-refractivity contribution in [2.24, 2.45) is 0 Å². The van der Waals surface area contributed by atoms with Crippen molar-refractivity contribution in [3.05, 3.63) is 101 Å². The van der Waals surface area contributed by atoms with Crippen LogP contribution in [0.4, 0.5) is 4.39 Å². The van der Waals surface area contributed by atoms with E-state index in [9.17, 15) is 14.0 Å². The molecule has 0 unspecified atom stereocenters. The first-order valence-corrected chi connectivity index (χ1v) is 11.1. The summed E-state index contributed by atoms with van der Waals surface area (Å²) in [5, 5.41) is 3.21. The van der Waals surface area contributed by atoms with E-state index in [0.29, 0.717) is 29.3 Å². The maximum Gasteiger partial charge on any atom is 0.261 e. The maximum atomic E-state index is 13.4. The second-order valence-corrected chi connectivity index (χ2v) is 7.87. The number of rotatable bonds is 10. The lowest BCUT2D eigenvalue weighted by atomic mass is 10.0. The molecule has 1 atom stereocenters. The molecule has 0 heterocycles. The number of hydrogen-bond acceptors (Lipinski definition) is 3. The molecule has 0 radical (unpaired) electrons. The molecule has 0 aliphatic rings. The minimum atomic E-state index is -0.778. The molecule has 172 valence electrons. The van der Waals surface area contributed by atoms with E-state index in [0.717, 1.165) is 5.56 Å². The number of hydrogen-bond donors (Lipinski definition) is 1. The fourth-order valence-corrected chi connectivity index (χ4v) is 3.61. The summed E-state index contributed by atoms with van der Waals surface area (Å²) in [7, 11) is 0. The Hall–Kier alpha value is -3.38. The van der Waals surface area contributed by atoms with Crippen LogP contribution in [0, 0.1) is 5.82 Å². The maximum absolute atomic E-state index is 13.4. The summed E-state index contributed by atoms with van der Waals surface area (Å²) in [5.41, 5.74) is 1.61. The SMILES string of the molecule is CCNC(=O)[C@H](Cc1ccccc1)N(Cc1ccc(F)cc1)C(=O)COc1ccccc1Cl. The molecule has 0 saturated heterocycles. The van der Waals surface area contributed by atoms with Gasteiger partial charge in [0.05, 0.1) is 5.02 Å². The van der Waals surface area contributed by atoms with Gasteiger partial charge in [-0.3, -0.25) is 9.59 Å². The third-order valence-electron chi connectivity index (χ3n) is 5.08. The summed E-state index contributed by atoms with van der Waals surface area (Å²) in [4.78, 5) is 27.9. The number of likely N-dealkylation sites (N-methyl/N-ethyl adjacent to an activating group) is 1. The van der Waals surface area contributed by atoms with Crippen LogP contribution in [0.5, 0.6) is 5.75 Å². The molecule has 0 spiro atoms. The summed E-state index contributed by atoms with van der Waals surface area (Å²) in [6.07, 6.45) is 0.325. The number of carbonyl (C=O) groups is 2. The lowest BCUT2D eigenvalue weighted by Gasteiger charge is -2.31. The van der Waals surface area contributed by atoms with Crippen LogP contribution in [0.25, 0.3) is 0 Å². The quantitative estimate of drug-likeness (QED) is 0.472. The zero-order valence-corrected chi connectivity index (χ0v) is 19.1. The second kappa shape index (κ2) is 12.0. The van der Waals surface area contributed by atoms with Crippen molar-refractivity contribution in [2.45, 2.75) is 25.9 Å². The van der Waals surface area contributed by atoms with Gasteiger partial charge in [-0.05, 0) is 42.3 Å². The molecule has 2 amide bonds. The Morgan fingerprint density at radius 1 is 0.970 bits per heavy atom. The first-order chi connectivity index (χ1) is 16.0. The molecular formula is C26H26ClFN2O3. The van der Waals surface area contributed by atoms with Crippen LogP contribution in [-0.2, 0) is 22.6 Å². The van der Waals surface area contributed by atoms with E-state index < -0.39 is 6.04 Å². The number of benzene rings is 3. The van der Waals surface area contributed by atoms with Gasteiger partial charge in [-0.15, -0.1) is 0 Å². The van der Waals surface area contributed by atoms with Crippen molar-refractivity contribution >= 4 is 23.4 Å². The summed E-state index contributed by atoms with van der Waals surface area (Å²) in [6, 6.07) is 21.4. The van der Waals surface area contributed by atoms with Gasteiger partial charge in [-0.1, -0.05) is 66.2 Å². The highest BCUT2D eigenvalue weighted by atomic mass is 35.5. The highest BCUT2D eigenvalue weighted by Gasteiger charge is 2.30. The molecule has 1 N–H and O–H groups in total. The van der Waals surface area contributed by atoms with Gasteiger partial charge in [-0.2, -0.15) is 0 Å². The smallest absolute Gasteiger partial charge is 0.261 e. The van der Waals surface area contributed by atoms with E-state index in [1.165, 1.54) is 17.0 Å². The second-order valence-electron chi connectivity index (χ2n) is 7.47. The van der Waals surface area contributed by atoms with Gasteiger partial charge in [0.25, 0.3) is 5.91 Å². The minimum Gasteiger partial charge on any atom is -0.482 e. The first-order valence-electron chi connectivity index (χ1n) is 10.7. The number of nitrogens with zero attached hydrogens (tertiary/aromatic N) is 1. The van der Waals surface area contributed by atoms with Crippen molar-refractivity contribution in [1.29, 1.82) is 0 Å². The molecular weight excluding hydrogens is 443 g/mol. The van der Waals surface area contributed by atoms with Gasteiger partial charge < -0.3 is 15.0 Å². The van der Waals surface area contributed by atoms with E-state index >= 15 is 0 Å².